The minimum atomic E-state index is -0.346. The molecule has 0 spiro atoms. The van der Waals surface area contributed by atoms with Crippen LogP contribution in [0.3, 0.4) is 0 Å². The molecule has 148 valence electrons. The van der Waals surface area contributed by atoms with Gasteiger partial charge in [-0.2, -0.15) is 0 Å². The molecule has 1 aromatic rings. The molecule has 1 saturated carbocycles. The summed E-state index contributed by atoms with van der Waals surface area (Å²) in [6, 6.07) is 7.49. The van der Waals surface area contributed by atoms with Crippen molar-refractivity contribution in [2.75, 3.05) is 20.8 Å². The van der Waals surface area contributed by atoms with Gasteiger partial charge in [0.2, 0.25) is 5.91 Å². The van der Waals surface area contributed by atoms with Crippen LogP contribution in [-0.4, -0.2) is 44.8 Å². The molecule has 1 aliphatic heterocycles. The van der Waals surface area contributed by atoms with Crippen LogP contribution in [0.2, 0.25) is 0 Å². The number of esters is 1. The maximum atomic E-state index is 12.3. The zero-order chi connectivity index (χ0) is 19.2. The van der Waals surface area contributed by atoms with Crippen molar-refractivity contribution < 1.29 is 23.8 Å². The van der Waals surface area contributed by atoms with Gasteiger partial charge in [-0.1, -0.05) is 25.0 Å². The van der Waals surface area contributed by atoms with Gasteiger partial charge >= 0.3 is 5.97 Å². The Hall–Kier alpha value is -1.92. The lowest BCUT2D eigenvalue weighted by molar-refractivity contribution is -0.133. The summed E-state index contributed by atoms with van der Waals surface area (Å²) in [5.74, 6) is 0.0606. The highest BCUT2D eigenvalue weighted by Crippen LogP contribution is 2.41. The minimum Gasteiger partial charge on any atom is -0.465 e. The third kappa shape index (κ3) is 4.87. The monoisotopic (exact) mass is 375 g/mol. The van der Waals surface area contributed by atoms with Crippen LogP contribution in [0.4, 0.5) is 0 Å². The van der Waals surface area contributed by atoms with E-state index in [4.69, 9.17) is 14.2 Å². The van der Waals surface area contributed by atoms with E-state index in [1.165, 1.54) is 20.0 Å². The molecule has 1 amide bonds. The number of benzene rings is 1. The Morgan fingerprint density at radius 2 is 1.89 bits per heavy atom. The normalized spacial score (nSPS) is 27.5. The first-order chi connectivity index (χ1) is 13.1. The Morgan fingerprint density at radius 3 is 2.59 bits per heavy atom. The molecule has 0 aromatic heterocycles. The lowest BCUT2D eigenvalue weighted by Crippen LogP contribution is -2.51. The van der Waals surface area contributed by atoms with Gasteiger partial charge in [0, 0.05) is 25.5 Å². The molecule has 4 atom stereocenters. The minimum absolute atomic E-state index is 0.0351. The third-order valence-electron chi connectivity index (χ3n) is 5.66. The van der Waals surface area contributed by atoms with Crippen LogP contribution in [-0.2, 0) is 19.0 Å². The maximum Gasteiger partial charge on any atom is 0.337 e. The van der Waals surface area contributed by atoms with E-state index >= 15 is 0 Å². The number of fused-ring (bicyclic) bond motifs is 1. The summed E-state index contributed by atoms with van der Waals surface area (Å²) in [5, 5.41) is 3.22. The van der Waals surface area contributed by atoms with Crippen molar-refractivity contribution in [3.05, 3.63) is 35.4 Å². The van der Waals surface area contributed by atoms with Crippen molar-refractivity contribution in [2.24, 2.45) is 5.92 Å². The molecule has 1 heterocycles. The van der Waals surface area contributed by atoms with Crippen molar-refractivity contribution in [1.29, 1.82) is 0 Å². The molecular weight excluding hydrogens is 346 g/mol. The largest absolute Gasteiger partial charge is 0.465 e. The Labute approximate surface area is 160 Å². The molecule has 27 heavy (non-hydrogen) atoms. The molecule has 1 N–H and O–H groups in total. The molecule has 0 radical (unpaired) electrons. The van der Waals surface area contributed by atoms with E-state index in [-0.39, 0.29) is 30.1 Å². The highest BCUT2D eigenvalue weighted by atomic mass is 16.5. The van der Waals surface area contributed by atoms with Gasteiger partial charge in [-0.05, 0) is 37.0 Å². The van der Waals surface area contributed by atoms with E-state index < -0.39 is 0 Å². The predicted molar refractivity (Wildman–Crippen MR) is 100 cm³/mol. The molecule has 1 aromatic carbocycles. The zero-order valence-electron chi connectivity index (χ0n) is 16.1. The van der Waals surface area contributed by atoms with Crippen molar-refractivity contribution in [3.8, 4) is 0 Å². The van der Waals surface area contributed by atoms with E-state index in [0.29, 0.717) is 24.5 Å². The summed E-state index contributed by atoms with van der Waals surface area (Å²) < 4.78 is 16.2. The van der Waals surface area contributed by atoms with Gasteiger partial charge in [-0.3, -0.25) is 4.79 Å². The SMILES string of the molecule is COCCC(=O)N[C@@H]1C[C@H](c2ccc(C(=O)OC)cc2)O[C@@H]2CCCC[C@@H]12. The summed E-state index contributed by atoms with van der Waals surface area (Å²) in [4.78, 5) is 23.9. The summed E-state index contributed by atoms with van der Waals surface area (Å²) in [5.41, 5.74) is 1.56. The van der Waals surface area contributed by atoms with Gasteiger partial charge in [-0.25, -0.2) is 4.79 Å². The standard InChI is InChI=1S/C21H29NO5/c1-25-12-11-20(23)22-17-13-19(27-18-6-4-3-5-16(17)18)14-7-9-15(10-8-14)21(24)26-2/h7-10,16-19H,3-6,11-13H2,1-2H3,(H,22,23)/t16-,17+,18+,19+/m0/s1. The maximum absolute atomic E-state index is 12.3. The second-order valence-electron chi connectivity index (χ2n) is 7.38. The first kappa shape index (κ1) is 19.8. The number of hydrogen-bond acceptors (Lipinski definition) is 5. The summed E-state index contributed by atoms with van der Waals surface area (Å²) in [6.45, 7) is 0.432. The molecule has 6 heteroatoms. The van der Waals surface area contributed by atoms with Crippen LogP contribution in [0.5, 0.6) is 0 Å². The number of hydrogen-bond donors (Lipinski definition) is 1. The fraction of sp³-hybridized carbons (Fsp3) is 0.619. The zero-order valence-corrected chi connectivity index (χ0v) is 16.1. The molecule has 1 aliphatic carbocycles. The number of methoxy groups -OCH3 is 2. The van der Waals surface area contributed by atoms with Crippen LogP contribution >= 0.6 is 0 Å². The second kappa shape index (κ2) is 9.33. The molecule has 2 aliphatic rings. The molecule has 6 nitrogen and oxygen atoms in total. The van der Waals surface area contributed by atoms with Gasteiger partial charge in [0.1, 0.15) is 0 Å². The highest BCUT2D eigenvalue weighted by molar-refractivity contribution is 5.89. The highest BCUT2D eigenvalue weighted by Gasteiger charge is 2.40. The molecular formula is C21H29NO5. The lowest BCUT2D eigenvalue weighted by atomic mass is 9.76. The Morgan fingerprint density at radius 1 is 1.15 bits per heavy atom. The van der Waals surface area contributed by atoms with Gasteiger partial charge in [0.25, 0.3) is 0 Å². The molecule has 0 bridgehead atoms. The van der Waals surface area contributed by atoms with Crippen molar-refractivity contribution in [2.45, 2.75) is 56.8 Å². The van der Waals surface area contributed by atoms with E-state index in [0.717, 1.165) is 24.8 Å². The van der Waals surface area contributed by atoms with Gasteiger partial charge in [-0.15, -0.1) is 0 Å². The van der Waals surface area contributed by atoms with Gasteiger partial charge in [0.05, 0.1) is 31.5 Å². The number of carbonyl (C=O) groups is 2. The molecule has 0 unspecified atom stereocenters. The quantitative estimate of drug-likeness (QED) is 0.774. The number of amides is 1. The smallest absolute Gasteiger partial charge is 0.337 e. The average molecular weight is 375 g/mol. The number of ether oxygens (including phenoxy) is 3. The summed E-state index contributed by atoms with van der Waals surface area (Å²) in [6.07, 6.45) is 5.70. The summed E-state index contributed by atoms with van der Waals surface area (Å²) in [7, 11) is 2.98. The van der Waals surface area contributed by atoms with Crippen LogP contribution in [0.15, 0.2) is 24.3 Å². The molecule has 2 fully saturated rings. The van der Waals surface area contributed by atoms with E-state index in [1.807, 2.05) is 12.1 Å². The van der Waals surface area contributed by atoms with E-state index in [2.05, 4.69) is 5.32 Å². The first-order valence-electron chi connectivity index (χ1n) is 9.74. The Bertz CT molecular complexity index is 644. The number of nitrogens with one attached hydrogen (secondary N) is 1. The average Bonchev–Trinajstić information content (AvgIpc) is 2.71. The van der Waals surface area contributed by atoms with E-state index in [9.17, 15) is 9.59 Å². The van der Waals surface area contributed by atoms with Gasteiger partial charge < -0.3 is 19.5 Å². The van der Waals surface area contributed by atoms with Crippen molar-refractivity contribution in [1.82, 2.24) is 5.32 Å². The van der Waals surface area contributed by atoms with Gasteiger partial charge in [0.15, 0.2) is 0 Å². The van der Waals surface area contributed by atoms with Crippen LogP contribution in [0, 0.1) is 5.92 Å². The Balaban J connectivity index is 1.72. The van der Waals surface area contributed by atoms with Crippen LogP contribution < -0.4 is 5.32 Å². The molecule has 3 rings (SSSR count). The summed E-state index contributed by atoms with van der Waals surface area (Å²) >= 11 is 0. The number of carbonyl (C=O) groups excluding carboxylic acids is 2. The third-order valence-corrected chi connectivity index (χ3v) is 5.66. The van der Waals surface area contributed by atoms with E-state index in [1.54, 1.807) is 19.2 Å². The fourth-order valence-corrected chi connectivity index (χ4v) is 4.23. The Kier molecular flexibility index (Phi) is 6.85. The second-order valence-corrected chi connectivity index (χ2v) is 7.38. The first-order valence-corrected chi connectivity index (χ1v) is 9.74. The topological polar surface area (TPSA) is 73.9 Å². The predicted octanol–water partition coefficient (Wildman–Crippen LogP) is 3.01. The number of rotatable bonds is 6. The van der Waals surface area contributed by atoms with Crippen LogP contribution in [0.25, 0.3) is 0 Å². The molecule has 1 saturated heterocycles. The van der Waals surface area contributed by atoms with Crippen molar-refractivity contribution >= 4 is 11.9 Å². The van der Waals surface area contributed by atoms with Crippen molar-refractivity contribution in [3.63, 3.8) is 0 Å². The lowest BCUT2D eigenvalue weighted by Gasteiger charge is -2.45. The van der Waals surface area contributed by atoms with Crippen LogP contribution in [0.1, 0.15) is 60.6 Å². The fourth-order valence-electron chi connectivity index (χ4n) is 4.23.